The van der Waals surface area contributed by atoms with Crippen LogP contribution in [0.15, 0.2) is 0 Å². The Morgan fingerprint density at radius 3 is 2.53 bits per heavy atom. The van der Waals surface area contributed by atoms with Crippen molar-refractivity contribution in [2.75, 3.05) is 33.9 Å². The number of methoxy groups -OCH3 is 1. The van der Waals surface area contributed by atoms with Crippen LogP contribution in [-0.2, 0) is 4.74 Å². The molecular weight excluding hydrogens is 188 g/mol. The van der Waals surface area contributed by atoms with Crippen molar-refractivity contribution >= 4 is 0 Å². The molecule has 0 aromatic rings. The van der Waals surface area contributed by atoms with Gasteiger partial charge in [0.1, 0.15) is 0 Å². The minimum Gasteiger partial charge on any atom is -0.385 e. The fraction of sp³-hybridized carbons (Fsp3) is 1.00. The number of rotatable bonds is 10. The molecule has 0 saturated carbocycles. The molecule has 3 nitrogen and oxygen atoms in total. The Hall–Kier alpha value is -0.120. The van der Waals surface area contributed by atoms with E-state index in [1.807, 2.05) is 0 Å². The van der Waals surface area contributed by atoms with Crippen LogP contribution in [0.2, 0.25) is 0 Å². The van der Waals surface area contributed by atoms with E-state index < -0.39 is 0 Å². The Labute approximate surface area is 95.0 Å². The molecule has 0 fully saturated rings. The van der Waals surface area contributed by atoms with Gasteiger partial charge >= 0.3 is 0 Å². The molecule has 3 heteroatoms. The fourth-order valence-electron chi connectivity index (χ4n) is 1.79. The van der Waals surface area contributed by atoms with E-state index in [0.717, 1.165) is 26.1 Å². The van der Waals surface area contributed by atoms with E-state index in [9.17, 15) is 0 Å². The van der Waals surface area contributed by atoms with Crippen LogP contribution in [0.1, 0.15) is 39.0 Å². The first-order valence-electron chi connectivity index (χ1n) is 6.15. The van der Waals surface area contributed by atoms with Crippen molar-refractivity contribution in [3.05, 3.63) is 0 Å². The summed E-state index contributed by atoms with van der Waals surface area (Å²) in [5.41, 5.74) is 5.79. The quantitative estimate of drug-likeness (QED) is 0.567. The van der Waals surface area contributed by atoms with Crippen LogP contribution in [0.5, 0.6) is 0 Å². The molecule has 15 heavy (non-hydrogen) atoms. The summed E-state index contributed by atoms with van der Waals surface area (Å²) in [4.78, 5) is 2.37. The first kappa shape index (κ1) is 14.9. The van der Waals surface area contributed by atoms with E-state index in [-0.39, 0.29) is 0 Å². The van der Waals surface area contributed by atoms with Gasteiger partial charge in [0.15, 0.2) is 0 Å². The third kappa shape index (κ3) is 7.77. The summed E-state index contributed by atoms with van der Waals surface area (Å²) < 4.78 is 5.05. The summed E-state index contributed by atoms with van der Waals surface area (Å²) >= 11 is 0. The van der Waals surface area contributed by atoms with Crippen molar-refractivity contribution < 1.29 is 4.74 Å². The molecule has 0 aliphatic rings. The zero-order chi connectivity index (χ0) is 11.5. The van der Waals surface area contributed by atoms with Crippen LogP contribution in [-0.4, -0.2) is 44.8 Å². The van der Waals surface area contributed by atoms with Gasteiger partial charge < -0.3 is 15.4 Å². The summed E-state index contributed by atoms with van der Waals surface area (Å²) in [6.45, 7) is 4.94. The SMILES string of the molecule is CCCCCC(CN)N(C)CCCOC. The second kappa shape index (κ2) is 10.4. The zero-order valence-electron chi connectivity index (χ0n) is 10.7. The molecule has 0 aromatic heterocycles. The van der Waals surface area contributed by atoms with E-state index in [1.54, 1.807) is 7.11 Å². The minimum absolute atomic E-state index is 0.549. The average Bonchev–Trinajstić information content (AvgIpc) is 2.24. The number of hydrogen-bond donors (Lipinski definition) is 1. The van der Waals surface area contributed by atoms with Gasteiger partial charge in [-0.1, -0.05) is 26.2 Å². The molecule has 92 valence electrons. The first-order valence-corrected chi connectivity index (χ1v) is 6.15. The lowest BCUT2D eigenvalue weighted by Gasteiger charge is -2.26. The third-order valence-corrected chi connectivity index (χ3v) is 2.90. The molecule has 0 aliphatic heterocycles. The lowest BCUT2D eigenvalue weighted by molar-refractivity contribution is 0.163. The van der Waals surface area contributed by atoms with Crippen molar-refractivity contribution in [2.24, 2.45) is 5.73 Å². The van der Waals surface area contributed by atoms with Gasteiger partial charge in [-0.2, -0.15) is 0 Å². The van der Waals surface area contributed by atoms with Crippen LogP contribution < -0.4 is 5.73 Å². The highest BCUT2D eigenvalue weighted by molar-refractivity contribution is 4.69. The molecule has 0 bridgehead atoms. The molecule has 0 aliphatic carbocycles. The Morgan fingerprint density at radius 2 is 2.00 bits per heavy atom. The molecule has 0 rings (SSSR count). The Balaban J connectivity index is 3.62. The molecule has 0 saturated heterocycles. The second-order valence-corrected chi connectivity index (χ2v) is 4.21. The maximum absolute atomic E-state index is 5.79. The maximum atomic E-state index is 5.79. The topological polar surface area (TPSA) is 38.5 Å². The number of unbranched alkanes of at least 4 members (excludes halogenated alkanes) is 2. The molecule has 0 aromatic carbocycles. The van der Waals surface area contributed by atoms with E-state index in [2.05, 4.69) is 18.9 Å². The van der Waals surface area contributed by atoms with Crippen molar-refractivity contribution in [3.63, 3.8) is 0 Å². The monoisotopic (exact) mass is 216 g/mol. The van der Waals surface area contributed by atoms with Gasteiger partial charge in [0.25, 0.3) is 0 Å². The molecule has 1 atom stereocenters. The third-order valence-electron chi connectivity index (χ3n) is 2.90. The molecule has 1 unspecified atom stereocenters. The summed E-state index contributed by atoms with van der Waals surface area (Å²) in [5.74, 6) is 0. The molecule has 0 radical (unpaired) electrons. The standard InChI is InChI=1S/C12H28N2O/c1-4-5-6-8-12(11-13)14(2)9-7-10-15-3/h12H,4-11,13H2,1-3H3. The molecule has 0 amide bonds. The normalized spacial score (nSPS) is 13.4. The van der Waals surface area contributed by atoms with Gasteiger partial charge in [-0.15, -0.1) is 0 Å². The number of ether oxygens (including phenoxy) is 1. The Morgan fingerprint density at radius 1 is 1.27 bits per heavy atom. The van der Waals surface area contributed by atoms with Gasteiger partial charge in [-0.05, 0) is 19.9 Å². The molecular formula is C12H28N2O. The number of hydrogen-bond acceptors (Lipinski definition) is 3. The largest absolute Gasteiger partial charge is 0.385 e. The lowest BCUT2D eigenvalue weighted by Crippen LogP contribution is -2.38. The lowest BCUT2D eigenvalue weighted by atomic mass is 10.1. The van der Waals surface area contributed by atoms with E-state index in [1.165, 1.54) is 25.7 Å². The van der Waals surface area contributed by atoms with E-state index >= 15 is 0 Å². The average molecular weight is 216 g/mol. The smallest absolute Gasteiger partial charge is 0.0474 e. The van der Waals surface area contributed by atoms with E-state index in [4.69, 9.17) is 10.5 Å². The van der Waals surface area contributed by atoms with Gasteiger partial charge in [0.05, 0.1) is 0 Å². The van der Waals surface area contributed by atoms with Crippen molar-refractivity contribution in [2.45, 2.75) is 45.1 Å². The fourth-order valence-corrected chi connectivity index (χ4v) is 1.79. The van der Waals surface area contributed by atoms with Crippen molar-refractivity contribution in [3.8, 4) is 0 Å². The van der Waals surface area contributed by atoms with Crippen LogP contribution >= 0.6 is 0 Å². The Kier molecular flexibility index (Phi) is 10.3. The first-order chi connectivity index (χ1) is 7.26. The second-order valence-electron chi connectivity index (χ2n) is 4.21. The summed E-state index contributed by atoms with van der Waals surface area (Å²) in [5, 5.41) is 0. The minimum atomic E-state index is 0.549. The predicted octanol–water partition coefficient (Wildman–Crippen LogP) is 1.86. The maximum Gasteiger partial charge on any atom is 0.0474 e. The van der Waals surface area contributed by atoms with Crippen LogP contribution in [0.4, 0.5) is 0 Å². The highest BCUT2D eigenvalue weighted by Gasteiger charge is 2.11. The van der Waals surface area contributed by atoms with Gasteiger partial charge in [0.2, 0.25) is 0 Å². The number of likely N-dealkylation sites (N-methyl/N-ethyl adjacent to an activating group) is 1. The highest BCUT2D eigenvalue weighted by atomic mass is 16.5. The summed E-state index contributed by atoms with van der Waals surface area (Å²) in [6.07, 6.45) is 6.23. The number of nitrogens with zero attached hydrogens (tertiary/aromatic N) is 1. The number of nitrogens with two attached hydrogens (primary N) is 1. The van der Waals surface area contributed by atoms with Crippen molar-refractivity contribution in [1.29, 1.82) is 0 Å². The zero-order valence-corrected chi connectivity index (χ0v) is 10.7. The Bertz CT molecular complexity index is 131. The molecule has 0 heterocycles. The van der Waals surface area contributed by atoms with Gasteiger partial charge in [-0.3, -0.25) is 0 Å². The molecule has 0 spiro atoms. The highest BCUT2D eigenvalue weighted by Crippen LogP contribution is 2.08. The van der Waals surface area contributed by atoms with Crippen LogP contribution in [0.3, 0.4) is 0 Å². The summed E-state index contributed by atoms with van der Waals surface area (Å²) in [6, 6.07) is 0.549. The van der Waals surface area contributed by atoms with Crippen molar-refractivity contribution in [1.82, 2.24) is 4.90 Å². The summed E-state index contributed by atoms with van der Waals surface area (Å²) in [7, 11) is 3.92. The predicted molar refractivity (Wildman–Crippen MR) is 66.1 cm³/mol. The van der Waals surface area contributed by atoms with E-state index in [0.29, 0.717) is 6.04 Å². The van der Waals surface area contributed by atoms with Gasteiger partial charge in [-0.25, -0.2) is 0 Å². The van der Waals surface area contributed by atoms with Crippen LogP contribution in [0.25, 0.3) is 0 Å². The molecule has 2 N–H and O–H groups in total. The van der Waals surface area contributed by atoms with Gasteiger partial charge in [0, 0.05) is 32.8 Å². The van der Waals surface area contributed by atoms with Crippen LogP contribution in [0, 0.1) is 0 Å².